The number of hydrogen-bond donors (Lipinski definition) is 1. The third-order valence-electron chi connectivity index (χ3n) is 2.46. The standard InChI is InChI=1S/C10H14BrN3O/c11-8-6-13-10(14-7-8)15-5-3-9-2-1-4-12-9/h6-7,9,12H,1-5H2. The maximum atomic E-state index is 5.44. The summed E-state index contributed by atoms with van der Waals surface area (Å²) < 4.78 is 6.31. The van der Waals surface area contributed by atoms with E-state index in [1.54, 1.807) is 12.4 Å². The Kier molecular flexibility index (Phi) is 3.91. The predicted octanol–water partition coefficient (Wildman–Crippen LogP) is 1.76. The SMILES string of the molecule is Brc1cnc(OCCC2CCCN2)nc1. The molecule has 0 saturated carbocycles. The molecule has 1 fully saturated rings. The van der Waals surface area contributed by atoms with Crippen molar-refractivity contribution in [3.63, 3.8) is 0 Å². The third-order valence-corrected chi connectivity index (χ3v) is 2.87. The zero-order chi connectivity index (χ0) is 10.5. The summed E-state index contributed by atoms with van der Waals surface area (Å²) in [5.74, 6) is 0. The van der Waals surface area contributed by atoms with Crippen molar-refractivity contribution in [3.05, 3.63) is 16.9 Å². The van der Waals surface area contributed by atoms with Crippen LogP contribution >= 0.6 is 15.9 Å². The van der Waals surface area contributed by atoms with E-state index in [1.807, 2.05) is 0 Å². The van der Waals surface area contributed by atoms with Crippen LogP contribution in [0.3, 0.4) is 0 Å². The molecule has 1 atom stereocenters. The molecule has 1 N–H and O–H groups in total. The predicted molar refractivity (Wildman–Crippen MR) is 60.9 cm³/mol. The minimum Gasteiger partial charge on any atom is -0.463 e. The molecule has 2 heterocycles. The summed E-state index contributed by atoms with van der Waals surface area (Å²) in [5.41, 5.74) is 0. The number of hydrogen-bond acceptors (Lipinski definition) is 4. The Bertz CT molecular complexity index is 298. The van der Waals surface area contributed by atoms with Crippen molar-refractivity contribution in [2.45, 2.75) is 25.3 Å². The van der Waals surface area contributed by atoms with Crippen LogP contribution in [0.4, 0.5) is 0 Å². The summed E-state index contributed by atoms with van der Waals surface area (Å²) in [6.45, 7) is 1.82. The highest BCUT2D eigenvalue weighted by Gasteiger charge is 2.13. The summed E-state index contributed by atoms with van der Waals surface area (Å²) in [4.78, 5) is 8.08. The zero-order valence-electron chi connectivity index (χ0n) is 8.45. The van der Waals surface area contributed by atoms with Crippen LogP contribution in [0.5, 0.6) is 6.01 Å². The Morgan fingerprint density at radius 2 is 2.27 bits per heavy atom. The molecule has 4 nitrogen and oxygen atoms in total. The zero-order valence-corrected chi connectivity index (χ0v) is 10.0. The van der Waals surface area contributed by atoms with Crippen LogP contribution in [0.15, 0.2) is 16.9 Å². The lowest BCUT2D eigenvalue weighted by atomic mass is 10.2. The van der Waals surface area contributed by atoms with Gasteiger partial charge in [-0.3, -0.25) is 0 Å². The van der Waals surface area contributed by atoms with Crippen molar-refractivity contribution in [2.24, 2.45) is 0 Å². The van der Waals surface area contributed by atoms with Crippen LogP contribution in [-0.2, 0) is 0 Å². The van der Waals surface area contributed by atoms with Gasteiger partial charge in [-0.2, -0.15) is 0 Å². The van der Waals surface area contributed by atoms with Crippen LogP contribution in [-0.4, -0.2) is 29.2 Å². The van der Waals surface area contributed by atoms with Gasteiger partial charge >= 0.3 is 6.01 Å². The summed E-state index contributed by atoms with van der Waals surface area (Å²) in [7, 11) is 0. The molecule has 1 unspecified atom stereocenters. The number of rotatable bonds is 4. The molecule has 0 spiro atoms. The monoisotopic (exact) mass is 271 g/mol. The fourth-order valence-corrected chi connectivity index (χ4v) is 1.88. The van der Waals surface area contributed by atoms with Crippen LogP contribution in [0.2, 0.25) is 0 Å². The number of aromatic nitrogens is 2. The summed E-state index contributed by atoms with van der Waals surface area (Å²) >= 11 is 3.28. The Morgan fingerprint density at radius 1 is 1.47 bits per heavy atom. The normalized spacial score (nSPS) is 20.5. The van der Waals surface area contributed by atoms with Gasteiger partial charge in [0.05, 0.1) is 11.1 Å². The molecule has 0 radical (unpaired) electrons. The lowest BCUT2D eigenvalue weighted by Gasteiger charge is -2.09. The van der Waals surface area contributed by atoms with Crippen molar-refractivity contribution in [1.82, 2.24) is 15.3 Å². The van der Waals surface area contributed by atoms with Gasteiger partial charge in [0, 0.05) is 18.4 Å². The largest absolute Gasteiger partial charge is 0.463 e. The van der Waals surface area contributed by atoms with E-state index in [0.29, 0.717) is 18.7 Å². The van der Waals surface area contributed by atoms with E-state index in [9.17, 15) is 0 Å². The highest BCUT2D eigenvalue weighted by atomic mass is 79.9. The summed E-state index contributed by atoms with van der Waals surface area (Å²) in [5, 5.41) is 3.42. The number of nitrogens with zero attached hydrogens (tertiary/aromatic N) is 2. The Balaban J connectivity index is 1.71. The lowest BCUT2D eigenvalue weighted by molar-refractivity contribution is 0.271. The first-order valence-electron chi connectivity index (χ1n) is 5.18. The average molecular weight is 272 g/mol. The van der Waals surface area contributed by atoms with Crippen LogP contribution in [0.25, 0.3) is 0 Å². The maximum absolute atomic E-state index is 5.44. The van der Waals surface area contributed by atoms with Gasteiger partial charge in [0.25, 0.3) is 0 Å². The molecule has 0 aliphatic carbocycles. The fourth-order valence-electron chi connectivity index (χ4n) is 1.67. The molecular weight excluding hydrogens is 258 g/mol. The highest BCUT2D eigenvalue weighted by Crippen LogP contribution is 2.11. The van der Waals surface area contributed by atoms with Gasteiger partial charge in [-0.05, 0) is 41.7 Å². The molecule has 0 bridgehead atoms. The van der Waals surface area contributed by atoms with Gasteiger partial charge in [-0.1, -0.05) is 0 Å². The highest BCUT2D eigenvalue weighted by molar-refractivity contribution is 9.10. The van der Waals surface area contributed by atoms with Gasteiger partial charge in [0.15, 0.2) is 0 Å². The molecular formula is C10H14BrN3O. The van der Waals surface area contributed by atoms with E-state index >= 15 is 0 Å². The average Bonchev–Trinajstić information content (AvgIpc) is 2.74. The molecule has 5 heteroatoms. The van der Waals surface area contributed by atoms with Gasteiger partial charge in [-0.25, -0.2) is 9.97 Å². The molecule has 1 aromatic rings. The molecule has 1 saturated heterocycles. The van der Waals surface area contributed by atoms with E-state index in [2.05, 4.69) is 31.2 Å². The fraction of sp³-hybridized carbons (Fsp3) is 0.600. The van der Waals surface area contributed by atoms with E-state index in [0.717, 1.165) is 17.4 Å². The smallest absolute Gasteiger partial charge is 0.316 e. The van der Waals surface area contributed by atoms with Crippen molar-refractivity contribution in [2.75, 3.05) is 13.2 Å². The van der Waals surface area contributed by atoms with E-state index in [1.165, 1.54) is 12.8 Å². The van der Waals surface area contributed by atoms with Gasteiger partial charge in [0.2, 0.25) is 0 Å². The molecule has 0 aromatic carbocycles. The Labute approximate surface area is 97.6 Å². The minimum atomic E-state index is 0.455. The second-order valence-electron chi connectivity index (χ2n) is 3.61. The molecule has 15 heavy (non-hydrogen) atoms. The topological polar surface area (TPSA) is 47.0 Å². The quantitative estimate of drug-likeness (QED) is 0.907. The maximum Gasteiger partial charge on any atom is 0.316 e. The van der Waals surface area contributed by atoms with E-state index in [-0.39, 0.29) is 0 Å². The van der Waals surface area contributed by atoms with Gasteiger partial charge in [-0.15, -0.1) is 0 Å². The van der Waals surface area contributed by atoms with E-state index < -0.39 is 0 Å². The summed E-state index contributed by atoms with van der Waals surface area (Å²) in [6, 6.07) is 1.07. The number of halogens is 1. The van der Waals surface area contributed by atoms with Crippen molar-refractivity contribution in [3.8, 4) is 6.01 Å². The second kappa shape index (κ2) is 5.42. The molecule has 1 aliphatic heterocycles. The lowest BCUT2D eigenvalue weighted by Crippen LogP contribution is -2.23. The van der Waals surface area contributed by atoms with Crippen molar-refractivity contribution >= 4 is 15.9 Å². The van der Waals surface area contributed by atoms with Gasteiger partial charge < -0.3 is 10.1 Å². The number of ether oxygens (including phenoxy) is 1. The molecule has 1 aliphatic rings. The first kappa shape index (κ1) is 10.8. The number of nitrogens with one attached hydrogen (secondary N) is 1. The third kappa shape index (κ3) is 3.43. The van der Waals surface area contributed by atoms with E-state index in [4.69, 9.17) is 4.74 Å². The van der Waals surface area contributed by atoms with Crippen LogP contribution in [0.1, 0.15) is 19.3 Å². The summed E-state index contributed by atoms with van der Waals surface area (Å²) in [6.07, 6.45) is 6.94. The molecule has 0 amide bonds. The molecule has 1 aromatic heterocycles. The molecule has 2 rings (SSSR count). The Hall–Kier alpha value is -0.680. The second-order valence-corrected chi connectivity index (χ2v) is 4.53. The van der Waals surface area contributed by atoms with Crippen LogP contribution < -0.4 is 10.1 Å². The van der Waals surface area contributed by atoms with Gasteiger partial charge in [0.1, 0.15) is 0 Å². The van der Waals surface area contributed by atoms with Crippen molar-refractivity contribution in [1.29, 1.82) is 0 Å². The molecule has 82 valence electrons. The van der Waals surface area contributed by atoms with Crippen molar-refractivity contribution < 1.29 is 4.74 Å². The minimum absolute atomic E-state index is 0.455. The Morgan fingerprint density at radius 3 is 2.93 bits per heavy atom. The first-order valence-corrected chi connectivity index (χ1v) is 5.97. The first-order chi connectivity index (χ1) is 7.34. The van der Waals surface area contributed by atoms with Crippen LogP contribution in [0, 0.1) is 0 Å².